The first-order valence-electron chi connectivity index (χ1n) is 22.5. The molecule has 2 aromatic heterocycles. The molecule has 4 heteroatoms. The van der Waals surface area contributed by atoms with E-state index < -0.39 is 0 Å². The zero-order chi connectivity index (χ0) is 44.5. The number of pyridine rings is 1. The van der Waals surface area contributed by atoms with Gasteiger partial charge in [-0.25, -0.2) is 4.98 Å². The first-order chi connectivity index (χ1) is 30.0. The van der Waals surface area contributed by atoms with Crippen molar-refractivity contribution in [1.82, 2.24) is 14.5 Å². The SMILES string of the molecule is Cc1cc(-c2cc(C(C)C)c(C(C)C)c3cccnc23)cc(-c2cc(-c3cccc4ccccc34)cc3c2nc(-c2cc(C(C)(C)C)ccc2O)n3-c2ccc(C(C)(C)C)cc2)c1. The molecule has 4 nitrogen and oxygen atoms in total. The van der Waals surface area contributed by atoms with E-state index in [4.69, 9.17) is 9.97 Å². The van der Waals surface area contributed by atoms with E-state index in [1.54, 1.807) is 0 Å². The minimum Gasteiger partial charge on any atom is -0.507 e. The number of rotatable bonds is 7. The standard InChI is InChI=1S/C59H59N3O/c1-35(2)48-34-50(55-47(20-15-27-60-55)54(48)36(3)4)40-29-37(5)28-39(30-40)49-31-41(46-19-14-17-38-16-12-13-18-45(38)46)32-52-56(49)61-57(51-33-43(59(9,10)11)23-26-53(51)63)62(52)44-24-21-42(22-25-44)58(6,7)8/h12-36,63H,1-11H3. The molecule has 0 amide bonds. The summed E-state index contributed by atoms with van der Waals surface area (Å²) in [5.41, 5.74) is 17.3. The Bertz CT molecular complexity index is 3200. The largest absolute Gasteiger partial charge is 0.507 e. The molecule has 0 aliphatic rings. The summed E-state index contributed by atoms with van der Waals surface area (Å²) in [6, 6.07) is 48.3. The average molecular weight is 826 g/mol. The Balaban J connectivity index is 1.40. The first-order valence-corrected chi connectivity index (χ1v) is 22.5. The summed E-state index contributed by atoms with van der Waals surface area (Å²) in [4.78, 5) is 10.7. The molecule has 9 rings (SSSR count). The predicted octanol–water partition coefficient (Wildman–Crippen LogP) is 16.3. The summed E-state index contributed by atoms with van der Waals surface area (Å²) in [5.74, 6) is 1.60. The highest BCUT2D eigenvalue weighted by Crippen LogP contribution is 2.45. The molecule has 63 heavy (non-hydrogen) atoms. The fraction of sp³-hybridized carbons (Fsp3) is 0.254. The smallest absolute Gasteiger partial charge is 0.149 e. The lowest BCUT2D eigenvalue weighted by Gasteiger charge is -2.21. The van der Waals surface area contributed by atoms with Crippen molar-refractivity contribution in [3.05, 3.63) is 167 Å². The van der Waals surface area contributed by atoms with Gasteiger partial charge in [-0.05, 0) is 145 Å². The van der Waals surface area contributed by atoms with Crippen LogP contribution in [0.15, 0.2) is 140 Å². The van der Waals surface area contributed by atoms with Crippen LogP contribution in [0.2, 0.25) is 0 Å². The van der Waals surface area contributed by atoms with Crippen LogP contribution in [0.5, 0.6) is 5.75 Å². The molecule has 1 N–H and O–H groups in total. The zero-order valence-corrected chi connectivity index (χ0v) is 38.7. The molecule has 0 radical (unpaired) electrons. The van der Waals surface area contributed by atoms with Crippen molar-refractivity contribution >= 4 is 32.7 Å². The molecule has 0 spiro atoms. The second kappa shape index (κ2) is 15.7. The lowest BCUT2D eigenvalue weighted by molar-refractivity contribution is 0.475. The molecule has 0 bridgehead atoms. The van der Waals surface area contributed by atoms with Gasteiger partial charge in [0.15, 0.2) is 0 Å². The molecule has 7 aromatic carbocycles. The second-order valence-corrected chi connectivity index (χ2v) is 20.2. The van der Waals surface area contributed by atoms with Gasteiger partial charge < -0.3 is 5.11 Å². The van der Waals surface area contributed by atoms with Gasteiger partial charge in [-0.1, -0.05) is 148 Å². The van der Waals surface area contributed by atoms with E-state index in [1.807, 2.05) is 18.3 Å². The van der Waals surface area contributed by atoms with Crippen molar-refractivity contribution in [2.24, 2.45) is 0 Å². The van der Waals surface area contributed by atoms with Crippen LogP contribution in [0.1, 0.15) is 109 Å². The number of hydrogen-bond acceptors (Lipinski definition) is 3. The monoisotopic (exact) mass is 825 g/mol. The highest BCUT2D eigenvalue weighted by atomic mass is 16.3. The van der Waals surface area contributed by atoms with Gasteiger partial charge in [0.05, 0.1) is 22.1 Å². The van der Waals surface area contributed by atoms with Crippen LogP contribution in [0.4, 0.5) is 0 Å². The van der Waals surface area contributed by atoms with Crippen molar-refractivity contribution in [2.45, 2.75) is 98.8 Å². The second-order valence-electron chi connectivity index (χ2n) is 20.2. The molecular weight excluding hydrogens is 767 g/mol. The van der Waals surface area contributed by atoms with Crippen LogP contribution in [-0.4, -0.2) is 19.6 Å². The maximum Gasteiger partial charge on any atom is 0.149 e. The lowest BCUT2D eigenvalue weighted by Crippen LogP contribution is -2.11. The molecule has 0 saturated heterocycles. The number of aryl methyl sites for hydroxylation is 1. The number of hydrogen-bond donors (Lipinski definition) is 1. The maximum atomic E-state index is 11.8. The molecule has 0 fully saturated rings. The van der Waals surface area contributed by atoms with Gasteiger partial charge in [-0.15, -0.1) is 0 Å². The first kappa shape index (κ1) is 41.8. The highest BCUT2D eigenvalue weighted by Gasteiger charge is 2.26. The Kier molecular flexibility index (Phi) is 10.4. The summed E-state index contributed by atoms with van der Waals surface area (Å²) in [6.07, 6.45) is 1.92. The molecule has 0 atom stereocenters. The fourth-order valence-electron chi connectivity index (χ4n) is 9.49. The Morgan fingerprint density at radius 1 is 0.540 bits per heavy atom. The topological polar surface area (TPSA) is 50.9 Å². The number of phenolic OH excluding ortho intramolecular Hbond substituents is 1. The Labute approximate surface area is 373 Å². The van der Waals surface area contributed by atoms with E-state index >= 15 is 0 Å². The van der Waals surface area contributed by atoms with Gasteiger partial charge in [-0.3, -0.25) is 9.55 Å². The van der Waals surface area contributed by atoms with Crippen molar-refractivity contribution in [3.8, 4) is 56.2 Å². The van der Waals surface area contributed by atoms with Crippen LogP contribution < -0.4 is 0 Å². The third kappa shape index (κ3) is 7.60. The molecule has 0 aliphatic carbocycles. The molecule has 2 heterocycles. The minimum atomic E-state index is -0.139. The number of imidazole rings is 1. The zero-order valence-electron chi connectivity index (χ0n) is 38.7. The van der Waals surface area contributed by atoms with Crippen molar-refractivity contribution < 1.29 is 5.11 Å². The minimum absolute atomic E-state index is 0.0128. The molecular formula is C59H59N3O. The van der Waals surface area contributed by atoms with Crippen LogP contribution in [0.3, 0.4) is 0 Å². The molecule has 0 aliphatic heterocycles. The molecule has 0 unspecified atom stereocenters. The van der Waals surface area contributed by atoms with Gasteiger partial charge in [0.2, 0.25) is 0 Å². The van der Waals surface area contributed by atoms with Gasteiger partial charge >= 0.3 is 0 Å². The number of aromatic hydroxyl groups is 1. The number of aromatic nitrogens is 3. The Hall–Kier alpha value is -6.52. The molecule has 316 valence electrons. The van der Waals surface area contributed by atoms with E-state index in [2.05, 4.69) is 202 Å². The number of phenols is 1. The maximum absolute atomic E-state index is 11.8. The number of benzene rings is 7. The highest BCUT2D eigenvalue weighted by molar-refractivity contribution is 6.05. The summed E-state index contributed by atoms with van der Waals surface area (Å²) < 4.78 is 2.26. The summed E-state index contributed by atoms with van der Waals surface area (Å²) in [5, 5.41) is 15.4. The quantitative estimate of drug-likeness (QED) is 0.174. The van der Waals surface area contributed by atoms with E-state index in [0.717, 1.165) is 66.7 Å². The average Bonchev–Trinajstić information content (AvgIpc) is 3.63. The van der Waals surface area contributed by atoms with Crippen LogP contribution in [-0.2, 0) is 10.8 Å². The van der Waals surface area contributed by atoms with Crippen LogP contribution in [0, 0.1) is 6.92 Å². The summed E-state index contributed by atoms with van der Waals surface area (Å²) in [7, 11) is 0. The van der Waals surface area contributed by atoms with Gasteiger partial charge in [0.25, 0.3) is 0 Å². The van der Waals surface area contributed by atoms with Gasteiger partial charge in [0, 0.05) is 28.4 Å². The van der Waals surface area contributed by atoms with E-state index in [0.29, 0.717) is 23.2 Å². The van der Waals surface area contributed by atoms with Crippen molar-refractivity contribution in [2.75, 3.05) is 0 Å². The Morgan fingerprint density at radius 3 is 1.86 bits per heavy atom. The van der Waals surface area contributed by atoms with E-state index in [9.17, 15) is 5.11 Å². The third-order valence-corrected chi connectivity index (χ3v) is 12.8. The number of nitrogens with zero attached hydrogens (tertiary/aromatic N) is 3. The van der Waals surface area contributed by atoms with Crippen LogP contribution >= 0.6 is 0 Å². The third-order valence-electron chi connectivity index (χ3n) is 12.8. The summed E-state index contributed by atoms with van der Waals surface area (Å²) >= 11 is 0. The van der Waals surface area contributed by atoms with E-state index in [-0.39, 0.29) is 16.6 Å². The van der Waals surface area contributed by atoms with Crippen LogP contribution in [0.25, 0.3) is 83.2 Å². The fourth-order valence-corrected chi connectivity index (χ4v) is 9.49. The molecule has 9 aromatic rings. The van der Waals surface area contributed by atoms with E-state index in [1.165, 1.54) is 32.8 Å². The predicted molar refractivity (Wildman–Crippen MR) is 268 cm³/mol. The Morgan fingerprint density at radius 2 is 1.17 bits per heavy atom. The number of fused-ring (bicyclic) bond motifs is 3. The van der Waals surface area contributed by atoms with Crippen molar-refractivity contribution in [1.29, 1.82) is 0 Å². The lowest BCUT2D eigenvalue weighted by atomic mass is 9.84. The summed E-state index contributed by atoms with van der Waals surface area (Å²) in [6.45, 7) is 24.7. The van der Waals surface area contributed by atoms with Crippen molar-refractivity contribution in [3.63, 3.8) is 0 Å². The molecule has 0 saturated carbocycles. The van der Waals surface area contributed by atoms with Gasteiger partial charge in [0.1, 0.15) is 11.6 Å². The normalized spacial score (nSPS) is 12.4. The van der Waals surface area contributed by atoms with Gasteiger partial charge in [-0.2, -0.15) is 0 Å².